The van der Waals surface area contributed by atoms with Crippen LogP contribution in [0.25, 0.3) is 11.4 Å². The van der Waals surface area contributed by atoms with Gasteiger partial charge in [-0.3, -0.25) is 0 Å². The van der Waals surface area contributed by atoms with E-state index in [0.29, 0.717) is 0 Å². The minimum Gasteiger partial charge on any atom is -0.496 e. The Morgan fingerprint density at radius 2 is 1.75 bits per heavy atom. The summed E-state index contributed by atoms with van der Waals surface area (Å²) in [6.45, 7) is 2.12. The fourth-order valence-corrected chi connectivity index (χ4v) is 3.65. The van der Waals surface area contributed by atoms with Crippen LogP contribution in [0.4, 0.5) is 0 Å². The lowest BCUT2D eigenvalue weighted by atomic mass is 10.1. The van der Waals surface area contributed by atoms with E-state index in [1.807, 2.05) is 59.3 Å². The second-order valence-corrected chi connectivity index (χ2v) is 6.74. The molecule has 2 heterocycles. The number of thioether (sulfide) groups is 1. The number of hydrogen-bond donors (Lipinski definition) is 0. The Labute approximate surface area is 144 Å². The van der Waals surface area contributed by atoms with Crippen molar-refractivity contribution in [3.8, 4) is 17.1 Å². The van der Waals surface area contributed by atoms with Gasteiger partial charge < -0.3 is 4.74 Å². The second-order valence-electron chi connectivity index (χ2n) is 5.43. The van der Waals surface area contributed by atoms with Crippen molar-refractivity contribution >= 4 is 17.5 Å². The van der Waals surface area contributed by atoms with Gasteiger partial charge in [-0.1, -0.05) is 54.2 Å². The van der Waals surface area contributed by atoms with E-state index in [4.69, 9.17) is 9.84 Å². The summed E-state index contributed by atoms with van der Waals surface area (Å²) in [7, 11) is 1.68. The van der Waals surface area contributed by atoms with Crippen LogP contribution in [0.5, 0.6) is 5.75 Å². The highest BCUT2D eigenvalue weighted by Crippen LogP contribution is 2.34. The highest BCUT2D eigenvalue weighted by atomic mass is 32.2. The van der Waals surface area contributed by atoms with E-state index in [1.54, 1.807) is 18.9 Å². The van der Waals surface area contributed by atoms with Crippen molar-refractivity contribution in [2.24, 2.45) is 5.10 Å². The Hall–Kier alpha value is -2.60. The van der Waals surface area contributed by atoms with Crippen LogP contribution >= 0.6 is 11.8 Å². The molecule has 0 radical (unpaired) electrons. The minimum atomic E-state index is 0.168. The van der Waals surface area contributed by atoms with Crippen molar-refractivity contribution in [3.63, 3.8) is 0 Å². The smallest absolute Gasteiger partial charge is 0.213 e. The fraction of sp³-hybridized carbons (Fsp3) is 0.167. The van der Waals surface area contributed by atoms with Crippen LogP contribution < -0.4 is 4.74 Å². The molecule has 2 aromatic carbocycles. The molecule has 1 aliphatic heterocycles. The van der Waals surface area contributed by atoms with E-state index in [-0.39, 0.29) is 5.25 Å². The number of hydrogen-bond acceptors (Lipinski definition) is 5. The maximum Gasteiger partial charge on any atom is 0.213 e. The van der Waals surface area contributed by atoms with Gasteiger partial charge >= 0.3 is 0 Å². The molecule has 6 heteroatoms. The van der Waals surface area contributed by atoms with Gasteiger partial charge in [-0.2, -0.15) is 9.78 Å². The first kappa shape index (κ1) is 15.0. The SMILES string of the molecule is COc1ccccc1C1=Nn2c(nnc2-c2ccccc2)S[C@H]1C. The van der Waals surface area contributed by atoms with Gasteiger partial charge in [0.25, 0.3) is 0 Å². The van der Waals surface area contributed by atoms with E-state index in [9.17, 15) is 0 Å². The molecule has 0 saturated carbocycles. The Morgan fingerprint density at radius 3 is 2.54 bits per heavy atom. The van der Waals surface area contributed by atoms with Crippen LogP contribution in [0.3, 0.4) is 0 Å². The van der Waals surface area contributed by atoms with Gasteiger partial charge in [0.05, 0.1) is 18.1 Å². The normalized spacial score (nSPS) is 16.4. The number of aromatic nitrogens is 3. The lowest BCUT2D eigenvalue weighted by Gasteiger charge is -2.21. The first-order valence-electron chi connectivity index (χ1n) is 7.67. The number of rotatable bonds is 3. The number of methoxy groups -OCH3 is 1. The third-order valence-electron chi connectivity index (χ3n) is 3.90. The van der Waals surface area contributed by atoms with Crippen molar-refractivity contribution in [2.45, 2.75) is 17.3 Å². The summed E-state index contributed by atoms with van der Waals surface area (Å²) in [5, 5.41) is 14.4. The molecule has 1 aromatic heterocycles. The van der Waals surface area contributed by atoms with Gasteiger partial charge in [-0.25, -0.2) is 0 Å². The average Bonchev–Trinajstić information content (AvgIpc) is 3.04. The molecule has 5 nitrogen and oxygen atoms in total. The zero-order valence-corrected chi connectivity index (χ0v) is 14.2. The number of ether oxygens (including phenoxy) is 1. The zero-order chi connectivity index (χ0) is 16.5. The lowest BCUT2D eigenvalue weighted by Crippen LogP contribution is -2.22. The Bertz CT molecular complexity index is 904. The molecule has 24 heavy (non-hydrogen) atoms. The van der Waals surface area contributed by atoms with Crippen LogP contribution in [0.2, 0.25) is 0 Å². The first-order valence-corrected chi connectivity index (χ1v) is 8.55. The van der Waals surface area contributed by atoms with Crippen LogP contribution in [0.1, 0.15) is 12.5 Å². The predicted molar refractivity (Wildman–Crippen MR) is 95.7 cm³/mol. The monoisotopic (exact) mass is 336 g/mol. The molecule has 3 aromatic rings. The van der Waals surface area contributed by atoms with Crippen molar-refractivity contribution in [3.05, 3.63) is 60.2 Å². The van der Waals surface area contributed by atoms with Crippen molar-refractivity contribution < 1.29 is 4.74 Å². The van der Waals surface area contributed by atoms with Crippen molar-refractivity contribution in [1.82, 2.24) is 14.9 Å². The molecular formula is C18H16N4OS. The number of fused-ring (bicyclic) bond motifs is 1. The molecule has 4 rings (SSSR count). The molecule has 1 aliphatic rings. The van der Waals surface area contributed by atoms with Crippen LogP contribution in [-0.2, 0) is 0 Å². The minimum absolute atomic E-state index is 0.168. The maximum absolute atomic E-state index is 5.50. The third kappa shape index (κ3) is 2.49. The van der Waals surface area contributed by atoms with E-state index in [0.717, 1.165) is 33.6 Å². The van der Waals surface area contributed by atoms with Gasteiger partial charge in [-0.15, -0.1) is 10.2 Å². The quantitative estimate of drug-likeness (QED) is 0.732. The standard InChI is InChI=1S/C18H16N4OS/c1-12-16(14-10-6-7-11-15(14)23-2)21-22-17(19-20-18(22)24-12)13-8-4-3-5-9-13/h3-12H,1-2H3/t12-/m0/s1. The fourth-order valence-electron chi connectivity index (χ4n) is 2.73. The summed E-state index contributed by atoms with van der Waals surface area (Å²) >= 11 is 1.65. The highest BCUT2D eigenvalue weighted by Gasteiger charge is 2.27. The molecule has 0 saturated heterocycles. The molecular weight excluding hydrogens is 320 g/mol. The average molecular weight is 336 g/mol. The molecule has 120 valence electrons. The first-order chi connectivity index (χ1) is 11.8. The second kappa shape index (κ2) is 6.13. The summed E-state index contributed by atoms with van der Waals surface area (Å²) in [6, 6.07) is 17.9. The van der Waals surface area contributed by atoms with Crippen LogP contribution in [0.15, 0.2) is 64.9 Å². The van der Waals surface area contributed by atoms with E-state index < -0.39 is 0 Å². The third-order valence-corrected chi connectivity index (χ3v) is 4.94. The van der Waals surface area contributed by atoms with Crippen molar-refractivity contribution in [2.75, 3.05) is 7.11 Å². The molecule has 0 amide bonds. The largest absolute Gasteiger partial charge is 0.496 e. The van der Waals surface area contributed by atoms with Crippen LogP contribution in [0, 0.1) is 0 Å². The maximum atomic E-state index is 5.50. The van der Waals surface area contributed by atoms with Gasteiger partial charge in [0.1, 0.15) is 5.75 Å². The van der Waals surface area contributed by atoms with Gasteiger partial charge in [0.2, 0.25) is 5.16 Å². The van der Waals surface area contributed by atoms with Gasteiger partial charge in [0.15, 0.2) is 5.82 Å². The van der Waals surface area contributed by atoms with E-state index in [2.05, 4.69) is 17.1 Å². The Balaban J connectivity index is 1.86. The van der Waals surface area contributed by atoms with Crippen molar-refractivity contribution in [1.29, 1.82) is 0 Å². The Kier molecular flexibility index (Phi) is 3.82. The summed E-state index contributed by atoms with van der Waals surface area (Å²) in [5.74, 6) is 1.57. The van der Waals surface area contributed by atoms with E-state index >= 15 is 0 Å². The topological polar surface area (TPSA) is 52.3 Å². The highest BCUT2D eigenvalue weighted by molar-refractivity contribution is 8.00. The molecule has 0 spiro atoms. The summed E-state index contributed by atoms with van der Waals surface area (Å²) in [5.41, 5.74) is 2.95. The molecule has 0 fully saturated rings. The predicted octanol–water partition coefficient (Wildman–Crippen LogP) is 3.70. The zero-order valence-electron chi connectivity index (χ0n) is 13.4. The summed E-state index contributed by atoms with van der Waals surface area (Å²) < 4.78 is 7.32. The summed E-state index contributed by atoms with van der Waals surface area (Å²) in [4.78, 5) is 0. The molecule has 1 atom stereocenters. The number of nitrogens with zero attached hydrogens (tertiary/aromatic N) is 4. The molecule has 0 aliphatic carbocycles. The summed E-state index contributed by atoms with van der Waals surface area (Å²) in [6.07, 6.45) is 0. The van der Waals surface area contributed by atoms with Gasteiger partial charge in [-0.05, 0) is 19.1 Å². The number of benzene rings is 2. The van der Waals surface area contributed by atoms with Crippen LogP contribution in [-0.4, -0.2) is 32.9 Å². The van der Waals surface area contributed by atoms with E-state index in [1.165, 1.54) is 0 Å². The van der Waals surface area contributed by atoms with Gasteiger partial charge in [0, 0.05) is 11.1 Å². The molecule has 0 N–H and O–H groups in total. The number of para-hydroxylation sites is 1. The molecule has 0 unspecified atom stereocenters. The lowest BCUT2D eigenvalue weighted by molar-refractivity contribution is 0.414. The Morgan fingerprint density at radius 1 is 1.00 bits per heavy atom. The molecule has 0 bridgehead atoms.